The van der Waals surface area contributed by atoms with E-state index in [0.29, 0.717) is 17.8 Å². The van der Waals surface area contributed by atoms with Crippen molar-refractivity contribution in [3.63, 3.8) is 0 Å². The van der Waals surface area contributed by atoms with Gasteiger partial charge in [0.2, 0.25) is 5.82 Å². The van der Waals surface area contributed by atoms with Gasteiger partial charge in [-0.25, -0.2) is 4.98 Å². The maximum Gasteiger partial charge on any atom is 0.287 e. The number of carbonyl (C=O) groups excluding carboxylic acids is 2. The third kappa shape index (κ3) is 4.86. The molecule has 1 aliphatic rings. The van der Waals surface area contributed by atoms with Gasteiger partial charge in [0.05, 0.1) is 5.52 Å². The summed E-state index contributed by atoms with van der Waals surface area (Å²) in [6.45, 7) is 1.27. The van der Waals surface area contributed by atoms with Gasteiger partial charge in [0.25, 0.3) is 11.8 Å². The van der Waals surface area contributed by atoms with Crippen LogP contribution in [0.3, 0.4) is 0 Å². The van der Waals surface area contributed by atoms with Gasteiger partial charge in [-0.3, -0.25) is 14.0 Å². The molecule has 1 saturated carbocycles. The molecule has 2 amide bonds. The van der Waals surface area contributed by atoms with Crippen molar-refractivity contribution >= 4 is 17.3 Å². The first-order valence-electron chi connectivity index (χ1n) is 9.77. The van der Waals surface area contributed by atoms with Crippen molar-refractivity contribution < 1.29 is 9.59 Å². The van der Waals surface area contributed by atoms with Crippen LogP contribution in [0.25, 0.3) is 5.52 Å². The Morgan fingerprint density at radius 1 is 1.15 bits per heavy atom. The number of hydrogen-bond acceptors (Lipinski definition) is 4. The van der Waals surface area contributed by atoms with Crippen molar-refractivity contribution in [1.29, 1.82) is 0 Å². The number of pyridine rings is 1. The fourth-order valence-electron chi connectivity index (χ4n) is 3.51. The molecule has 1 aliphatic carbocycles. The van der Waals surface area contributed by atoms with E-state index < -0.39 is 0 Å². The predicted molar refractivity (Wildman–Crippen MR) is 105 cm³/mol. The second-order valence-corrected chi connectivity index (χ2v) is 7.46. The molecule has 0 atom stereocenters. The highest BCUT2D eigenvalue weighted by Gasteiger charge is 2.23. The number of amides is 2. The number of nitrogens with zero attached hydrogens (tertiary/aromatic N) is 3. The molecular weight excluding hydrogens is 342 g/mol. The number of aromatic nitrogens is 2. The van der Waals surface area contributed by atoms with E-state index in [1.165, 1.54) is 12.8 Å². The fourth-order valence-corrected chi connectivity index (χ4v) is 3.51. The van der Waals surface area contributed by atoms with E-state index in [1.54, 1.807) is 10.6 Å². The average Bonchev–Trinajstić information content (AvgIpc) is 2.85. The summed E-state index contributed by atoms with van der Waals surface area (Å²) in [6.07, 6.45) is 8.55. The van der Waals surface area contributed by atoms with Gasteiger partial charge in [0.15, 0.2) is 5.69 Å². The van der Waals surface area contributed by atoms with Crippen LogP contribution in [0, 0.1) is 0 Å². The highest BCUT2D eigenvalue weighted by Crippen LogP contribution is 2.19. The SMILES string of the molecule is CN(C)CCNC(=O)c1nc(C(=O)NC2CCCCCC2)c2ccccn12. The van der Waals surface area contributed by atoms with Crippen LogP contribution in [0.15, 0.2) is 24.4 Å². The quantitative estimate of drug-likeness (QED) is 0.762. The number of imidazole rings is 1. The van der Waals surface area contributed by atoms with Crippen molar-refractivity contribution in [1.82, 2.24) is 24.9 Å². The van der Waals surface area contributed by atoms with Gasteiger partial charge in [0, 0.05) is 25.3 Å². The van der Waals surface area contributed by atoms with Crippen LogP contribution in [-0.2, 0) is 0 Å². The van der Waals surface area contributed by atoms with E-state index in [9.17, 15) is 9.59 Å². The molecule has 2 aromatic heterocycles. The normalized spacial score (nSPS) is 15.7. The minimum Gasteiger partial charge on any atom is -0.348 e. The molecule has 27 heavy (non-hydrogen) atoms. The Hall–Kier alpha value is -2.41. The van der Waals surface area contributed by atoms with Crippen molar-refractivity contribution in [3.05, 3.63) is 35.9 Å². The highest BCUT2D eigenvalue weighted by molar-refractivity contribution is 6.02. The smallest absolute Gasteiger partial charge is 0.287 e. The Bertz CT molecular complexity index is 791. The molecule has 0 spiro atoms. The summed E-state index contributed by atoms with van der Waals surface area (Å²) < 4.78 is 1.69. The summed E-state index contributed by atoms with van der Waals surface area (Å²) in [5.74, 6) is -0.222. The lowest BCUT2D eigenvalue weighted by molar-refractivity contribution is 0.0930. The zero-order valence-electron chi connectivity index (χ0n) is 16.2. The van der Waals surface area contributed by atoms with Crippen LogP contribution in [0.4, 0.5) is 0 Å². The van der Waals surface area contributed by atoms with Crippen molar-refractivity contribution in [2.75, 3.05) is 27.2 Å². The number of rotatable bonds is 6. The average molecular weight is 371 g/mol. The molecule has 2 heterocycles. The van der Waals surface area contributed by atoms with Crippen LogP contribution in [0.2, 0.25) is 0 Å². The van der Waals surface area contributed by atoms with Gasteiger partial charge >= 0.3 is 0 Å². The second kappa shape index (κ2) is 8.99. The van der Waals surface area contributed by atoms with Gasteiger partial charge in [-0.15, -0.1) is 0 Å². The third-order valence-electron chi connectivity index (χ3n) is 5.00. The van der Waals surface area contributed by atoms with Crippen LogP contribution in [0.5, 0.6) is 0 Å². The number of hydrogen-bond donors (Lipinski definition) is 2. The van der Waals surface area contributed by atoms with Gasteiger partial charge < -0.3 is 15.5 Å². The van der Waals surface area contributed by atoms with Crippen molar-refractivity contribution in [3.8, 4) is 0 Å². The summed E-state index contributed by atoms with van der Waals surface area (Å²) in [5.41, 5.74) is 0.971. The zero-order valence-corrected chi connectivity index (χ0v) is 16.2. The number of nitrogens with one attached hydrogen (secondary N) is 2. The lowest BCUT2D eigenvalue weighted by Gasteiger charge is -2.15. The summed E-state index contributed by atoms with van der Waals surface area (Å²) in [5, 5.41) is 5.99. The summed E-state index contributed by atoms with van der Waals surface area (Å²) in [7, 11) is 3.90. The first-order chi connectivity index (χ1) is 13.1. The maximum atomic E-state index is 12.9. The third-order valence-corrected chi connectivity index (χ3v) is 5.00. The first-order valence-corrected chi connectivity index (χ1v) is 9.77. The maximum absolute atomic E-state index is 12.9. The van der Waals surface area contributed by atoms with Gasteiger partial charge in [-0.05, 0) is 39.1 Å². The topological polar surface area (TPSA) is 78.7 Å². The van der Waals surface area contributed by atoms with E-state index in [-0.39, 0.29) is 23.7 Å². The van der Waals surface area contributed by atoms with E-state index in [2.05, 4.69) is 15.6 Å². The molecule has 0 bridgehead atoms. The molecule has 2 aromatic rings. The van der Waals surface area contributed by atoms with E-state index in [4.69, 9.17) is 0 Å². The standard InChI is InChI=1S/C20H29N5O2/c1-24(2)14-12-21-20(27)18-23-17(16-11-7-8-13-25(16)18)19(26)22-15-9-5-3-4-6-10-15/h7-8,11,13,15H,3-6,9-10,12,14H2,1-2H3,(H,21,27)(H,22,26). The summed E-state index contributed by atoms with van der Waals surface area (Å²) in [6, 6.07) is 5.70. The molecule has 2 N–H and O–H groups in total. The molecule has 0 radical (unpaired) electrons. The number of likely N-dealkylation sites (N-methyl/N-ethyl adjacent to an activating group) is 1. The molecular formula is C20H29N5O2. The summed E-state index contributed by atoms with van der Waals surface area (Å²) >= 11 is 0. The molecule has 0 unspecified atom stereocenters. The molecule has 146 valence electrons. The number of carbonyl (C=O) groups is 2. The monoisotopic (exact) mass is 371 g/mol. The molecule has 0 aliphatic heterocycles. The molecule has 3 rings (SSSR count). The van der Waals surface area contributed by atoms with Crippen molar-refractivity contribution in [2.45, 2.75) is 44.6 Å². The van der Waals surface area contributed by atoms with Crippen molar-refractivity contribution in [2.24, 2.45) is 0 Å². The Balaban J connectivity index is 1.79. The number of fused-ring (bicyclic) bond motifs is 1. The van der Waals surface area contributed by atoms with Crippen LogP contribution >= 0.6 is 0 Å². The van der Waals surface area contributed by atoms with Crippen LogP contribution in [-0.4, -0.2) is 59.3 Å². The van der Waals surface area contributed by atoms with Gasteiger partial charge in [-0.1, -0.05) is 31.7 Å². The highest BCUT2D eigenvalue weighted by atomic mass is 16.2. The minimum absolute atomic E-state index is 0.192. The Morgan fingerprint density at radius 3 is 2.59 bits per heavy atom. The summed E-state index contributed by atoms with van der Waals surface area (Å²) in [4.78, 5) is 31.8. The largest absolute Gasteiger partial charge is 0.348 e. The van der Waals surface area contributed by atoms with Gasteiger partial charge in [-0.2, -0.15) is 0 Å². The molecule has 7 nitrogen and oxygen atoms in total. The molecule has 1 fully saturated rings. The molecule has 0 aromatic carbocycles. The Labute approximate surface area is 160 Å². The molecule has 7 heteroatoms. The predicted octanol–water partition coefficient (Wildman–Crippen LogP) is 2.08. The lowest BCUT2D eigenvalue weighted by atomic mass is 10.1. The van der Waals surface area contributed by atoms with E-state index in [0.717, 1.165) is 32.2 Å². The first kappa shape index (κ1) is 19.4. The van der Waals surface area contributed by atoms with Crippen LogP contribution < -0.4 is 10.6 Å². The Kier molecular flexibility index (Phi) is 6.45. The van der Waals surface area contributed by atoms with E-state index >= 15 is 0 Å². The zero-order chi connectivity index (χ0) is 19.2. The molecule has 0 saturated heterocycles. The minimum atomic E-state index is -0.272. The van der Waals surface area contributed by atoms with E-state index in [1.807, 2.05) is 37.2 Å². The van der Waals surface area contributed by atoms with Gasteiger partial charge in [0.1, 0.15) is 0 Å². The Morgan fingerprint density at radius 2 is 1.89 bits per heavy atom. The second-order valence-electron chi connectivity index (χ2n) is 7.46. The fraction of sp³-hybridized carbons (Fsp3) is 0.550. The van der Waals surface area contributed by atoms with Crippen LogP contribution in [0.1, 0.15) is 59.6 Å². The lowest BCUT2D eigenvalue weighted by Crippen LogP contribution is -2.35.